The summed E-state index contributed by atoms with van der Waals surface area (Å²) in [7, 11) is 0. The number of phenolic OH excluding ortho intramolecular Hbond substituents is 2. The summed E-state index contributed by atoms with van der Waals surface area (Å²) in [6.45, 7) is 12.3. The molecule has 0 amide bonds. The highest BCUT2D eigenvalue weighted by Crippen LogP contribution is 2.38. The number of aryl methyl sites for hydroxylation is 3. The predicted molar refractivity (Wildman–Crippen MR) is 97.4 cm³/mol. The number of aromatic hydroxyl groups is 2. The monoisotopic (exact) mass is 312 g/mol. The van der Waals surface area contributed by atoms with Gasteiger partial charge >= 0.3 is 0 Å². The Morgan fingerprint density at radius 2 is 1.35 bits per heavy atom. The van der Waals surface area contributed by atoms with Gasteiger partial charge in [-0.1, -0.05) is 34.1 Å². The van der Waals surface area contributed by atoms with E-state index in [1.807, 2.05) is 26.0 Å². The summed E-state index contributed by atoms with van der Waals surface area (Å²) in [6, 6.07) is 8.19. The van der Waals surface area contributed by atoms with Crippen LogP contribution in [0.15, 0.2) is 24.3 Å². The van der Waals surface area contributed by atoms with Gasteiger partial charge in [-0.25, -0.2) is 0 Å². The lowest BCUT2D eigenvalue weighted by Crippen LogP contribution is -2.12. The van der Waals surface area contributed by atoms with Gasteiger partial charge in [-0.2, -0.15) is 0 Å². The van der Waals surface area contributed by atoms with Gasteiger partial charge in [0.2, 0.25) is 0 Å². The summed E-state index contributed by atoms with van der Waals surface area (Å²) in [5.74, 6) is 0.785. The van der Waals surface area contributed by atoms with Crippen LogP contribution in [-0.4, -0.2) is 10.2 Å². The van der Waals surface area contributed by atoms with Crippen LogP contribution in [0, 0.1) is 13.8 Å². The molecule has 2 aromatic rings. The second-order valence-corrected chi connectivity index (χ2v) is 7.49. The van der Waals surface area contributed by atoms with Crippen molar-refractivity contribution in [2.24, 2.45) is 0 Å². The molecule has 0 heterocycles. The standard InChI is InChI=1S/C21H28O2/c1-7-8-15-11-16(9-13(2)19(15)22)17-10-14(3)20(23)18(12-17)21(4,5)6/h9-12,22-23H,7-8H2,1-6H3. The van der Waals surface area contributed by atoms with Crippen LogP contribution in [0.25, 0.3) is 11.1 Å². The van der Waals surface area contributed by atoms with Gasteiger partial charge in [0, 0.05) is 5.56 Å². The fourth-order valence-corrected chi connectivity index (χ4v) is 3.00. The molecule has 2 nitrogen and oxygen atoms in total. The maximum atomic E-state index is 10.4. The molecule has 0 atom stereocenters. The van der Waals surface area contributed by atoms with Crippen LogP contribution in [0.3, 0.4) is 0 Å². The van der Waals surface area contributed by atoms with Gasteiger partial charge in [-0.05, 0) is 77.8 Å². The third-order valence-electron chi connectivity index (χ3n) is 4.34. The minimum atomic E-state index is -0.122. The van der Waals surface area contributed by atoms with Gasteiger partial charge in [0.15, 0.2) is 0 Å². The summed E-state index contributed by atoms with van der Waals surface area (Å²) in [5, 5.41) is 20.6. The van der Waals surface area contributed by atoms with E-state index in [9.17, 15) is 10.2 Å². The zero-order chi connectivity index (χ0) is 17.4. The third kappa shape index (κ3) is 3.52. The fourth-order valence-electron chi connectivity index (χ4n) is 3.00. The lowest BCUT2D eigenvalue weighted by molar-refractivity contribution is 0.443. The van der Waals surface area contributed by atoms with Gasteiger partial charge in [0.1, 0.15) is 11.5 Å². The van der Waals surface area contributed by atoms with Gasteiger partial charge in [-0.3, -0.25) is 0 Å². The SMILES string of the molecule is CCCc1cc(-c2cc(C)c(O)c(C(C)(C)C)c2)cc(C)c1O. The first-order valence-electron chi connectivity index (χ1n) is 8.32. The van der Waals surface area contributed by atoms with E-state index in [1.54, 1.807) is 0 Å². The van der Waals surface area contributed by atoms with Crippen molar-refractivity contribution in [2.75, 3.05) is 0 Å². The first kappa shape index (κ1) is 17.4. The van der Waals surface area contributed by atoms with Crippen LogP contribution in [0.1, 0.15) is 56.4 Å². The minimum Gasteiger partial charge on any atom is -0.507 e. The van der Waals surface area contributed by atoms with Crippen molar-refractivity contribution in [1.82, 2.24) is 0 Å². The highest BCUT2D eigenvalue weighted by atomic mass is 16.3. The summed E-state index contributed by atoms with van der Waals surface area (Å²) >= 11 is 0. The average Bonchev–Trinajstić information content (AvgIpc) is 2.45. The molecule has 0 aliphatic heterocycles. The van der Waals surface area contributed by atoms with Crippen LogP contribution in [0.5, 0.6) is 11.5 Å². The number of rotatable bonds is 3. The van der Waals surface area contributed by atoms with Crippen molar-refractivity contribution in [3.63, 3.8) is 0 Å². The predicted octanol–water partition coefficient (Wildman–Crippen LogP) is 5.63. The molecule has 0 bridgehead atoms. The van der Waals surface area contributed by atoms with E-state index in [-0.39, 0.29) is 5.41 Å². The molecule has 0 aromatic heterocycles. The van der Waals surface area contributed by atoms with Crippen LogP contribution in [0.2, 0.25) is 0 Å². The Balaban J connectivity index is 2.65. The topological polar surface area (TPSA) is 40.5 Å². The van der Waals surface area contributed by atoms with E-state index in [0.29, 0.717) is 11.5 Å². The fraction of sp³-hybridized carbons (Fsp3) is 0.429. The number of phenols is 2. The van der Waals surface area contributed by atoms with E-state index in [0.717, 1.165) is 46.2 Å². The lowest BCUT2D eigenvalue weighted by Gasteiger charge is -2.23. The highest BCUT2D eigenvalue weighted by molar-refractivity contribution is 5.71. The van der Waals surface area contributed by atoms with E-state index in [4.69, 9.17) is 0 Å². The van der Waals surface area contributed by atoms with E-state index in [1.165, 1.54) is 0 Å². The molecule has 2 aromatic carbocycles. The summed E-state index contributed by atoms with van der Waals surface area (Å²) in [6.07, 6.45) is 1.86. The van der Waals surface area contributed by atoms with Gasteiger partial charge < -0.3 is 10.2 Å². The summed E-state index contributed by atoms with van der Waals surface area (Å²) < 4.78 is 0. The Morgan fingerprint density at radius 3 is 1.87 bits per heavy atom. The molecule has 2 rings (SSSR count). The Morgan fingerprint density at radius 1 is 0.826 bits per heavy atom. The third-order valence-corrected chi connectivity index (χ3v) is 4.34. The Labute approximate surface area is 139 Å². The molecule has 0 unspecified atom stereocenters. The molecule has 0 fully saturated rings. The quantitative estimate of drug-likeness (QED) is 0.771. The molecule has 0 spiro atoms. The molecule has 0 radical (unpaired) electrons. The molecule has 23 heavy (non-hydrogen) atoms. The Hall–Kier alpha value is -1.96. The van der Waals surface area contributed by atoms with Gasteiger partial charge in [0.25, 0.3) is 0 Å². The summed E-state index contributed by atoms with van der Waals surface area (Å²) in [5.41, 5.74) is 5.79. The Kier molecular flexibility index (Phi) is 4.74. The van der Waals surface area contributed by atoms with E-state index < -0.39 is 0 Å². The van der Waals surface area contributed by atoms with Crippen molar-refractivity contribution < 1.29 is 10.2 Å². The zero-order valence-electron chi connectivity index (χ0n) is 15.1. The minimum absolute atomic E-state index is 0.122. The van der Waals surface area contributed by atoms with E-state index in [2.05, 4.69) is 39.8 Å². The first-order valence-corrected chi connectivity index (χ1v) is 8.32. The number of benzene rings is 2. The molecule has 2 heteroatoms. The normalized spacial score (nSPS) is 11.7. The Bertz CT molecular complexity index is 722. The second-order valence-electron chi connectivity index (χ2n) is 7.49. The maximum Gasteiger partial charge on any atom is 0.122 e. The molecular formula is C21H28O2. The molecule has 0 aliphatic carbocycles. The van der Waals surface area contributed by atoms with Gasteiger partial charge in [0.05, 0.1) is 0 Å². The average molecular weight is 312 g/mol. The highest BCUT2D eigenvalue weighted by Gasteiger charge is 2.21. The molecule has 0 saturated carbocycles. The molecular weight excluding hydrogens is 284 g/mol. The van der Waals surface area contributed by atoms with Crippen LogP contribution < -0.4 is 0 Å². The zero-order valence-corrected chi connectivity index (χ0v) is 15.1. The van der Waals surface area contributed by atoms with Crippen LogP contribution in [-0.2, 0) is 11.8 Å². The van der Waals surface area contributed by atoms with Crippen molar-refractivity contribution in [2.45, 2.75) is 59.8 Å². The van der Waals surface area contributed by atoms with Crippen molar-refractivity contribution in [3.8, 4) is 22.6 Å². The van der Waals surface area contributed by atoms with E-state index >= 15 is 0 Å². The van der Waals surface area contributed by atoms with Crippen molar-refractivity contribution >= 4 is 0 Å². The largest absolute Gasteiger partial charge is 0.507 e. The smallest absolute Gasteiger partial charge is 0.122 e. The molecule has 2 N–H and O–H groups in total. The van der Waals surface area contributed by atoms with Crippen molar-refractivity contribution in [3.05, 3.63) is 46.5 Å². The van der Waals surface area contributed by atoms with Gasteiger partial charge in [-0.15, -0.1) is 0 Å². The number of hydrogen-bond donors (Lipinski definition) is 2. The maximum absolute atomic E-state index is 10.4. The molecule has 0 aliphatic rings. The van der Waals surface area contributed by atoms with Crippen molar-refractivity contribution in [1.29, 1.82) is 0 Å². The summed E-state index contributed by atoms with van der Waals surface area (Å²) in [4.78, 5) is 0. The lowest BCUT2D eigenvalue weighted by atomic mass is 9.83. The van der Waals surface area contributed by atoms with Crippen LogP contribution >= 0.6 is 0 Å². The first-order chi connectivity index (χ1) is 10.6. The number of hydrogen-bond acceptors (Lipinski definition) is 2. The second kappa shape index (κ2) is 6.27. The molecule has 0 saturated heterocycles. The molecule has 124 valence electrons. The van der Waals surface area contributed by atoms with Crippen LogP contribution in [0.4, 0.5) is 0 Å².